The van der Waals surface area contributed by atoms with Crippen LogP contribution in [0, 0.1) is 0 Å². The summed E-state index contributed by atoms with van der Waals surface area (Å²) >= 11 is 6.83. The first-order valence-electron chi connectivity index (χ1n) is 2.36. The zero-order valence-corrected chi connectivity index (χ0v) is 10.9. The molecule has 0 aliphatic heterocycles. The number of halogens is 2. The second-order valence-corrected chi connectivity index (χ2v) is 3.78. The third kappa shape index (κ3) is 3.54. The second kappa shape index (κ2) is 4.64. The molecule has 1 rings (SSSR count). The third-order valence-corrected chi connectivity index (χ3v) is 2.15. The van der Waals surface area contributed by atoms with Crippen LogP contribution in [0.4, 0.5) is 0 Å². The van der Waals surface area contributed by atoms with Crippen molar-refractivity contribution in [2.75, 3.05) is 0 Å². The van der Waals surface area contributed by atoms with Crippen molar-refractivity contribution in [2.45, 2.75) is 0 Å². The van der Waals surface area contributed by atoms with Gasteiger partial charge in [0.25, 0.3) is 0 Å². The molecule has 0 amide bonds. The van der Waals surface area contributed by atoms with Gasteiger partial charge in [0, 0.05) is 0 Å². The molecule has 0 radical (unpaired) electrons. The summed E-state index contributed by atoms with van der Waals surface area (Å²) in [7, 11) is 0. The summed E-state index contributed by atoms with van der Waals surface area (Å²) in [6.07, 6.45) is 0. The van der Waals surface area contributed by atoms with Crippen molar-refractivity contribution < 1.29 is 18.3 Å². The molecule has 3 heteroatoms. The molecule has 0 saturated heterocycles. The summed E-state index contributed by atoms with van der Waals surface area (Å²) in [5.74, 6) is 0. The zero-order valence-electron chi connectivity index (χ0n) is 4.80. The topological polar surface area (TPSA) is 0 Å². The summed E-state index contributed by atoms with van der Waals surface area (Å²) in [4.78, 5) is 0. The molecule has 1 aromatic rings. The van der Waals surface area contributed by atoms with Crippen LogP contribution in [0.5, 0.6) is 0 Å². The Morgan fingerprint density at radius 3 is 1.89 bits per heavy atom. The first-order valence-corrected chi connectivity index (χ1v) is 4.23. The van der Waals surface area contributed by atoms with Crippen molar-refractivity contribution in [2.24, 2.45) is 0 Å². The van der Waals surface area contributed by atoms with Gasteiger partial charge >= 0.3 is 63.3 Å². The average Bonchev–Trinajstić information content (AvgIpc) is 1.77. The van der Waals surface area contributed by atoms with Gasteiger partial charge in [0.15, 0.2) is 0 Å². The number of benzene rings is 1. The smallest absolute Gasteiger partial charge is 0.107 e. The van der Waals surface area contributed by atoms with E-state index in [1.807, 2.05) is 24.3 Å². The quantitative estimate of drug-likeness (QED) is 0.509. The standard InChI is InChI=1S/C6H4Cl.HI.Zn/c7-6-4-2-1-3-5-6;;/h2-5H;1H;. The Morgan fingerprint density at radius 2 is 1.56 bits per heavy atom. The van der Waals surface area contributed by atoms with E-state index >= 15 is 0 Å². The first kappa shape index (κ1) is 9.86. The fourth-order valence-corrected chi connectivity index (χ4v) is 1.10. The fraction of sp³-hybridized carbons (Fsp3) is 0. The molecule has 0 aliphatic carbocycles. The van der Waals surface area contributed by atoms with E-state index in [1.165, 1.54) is 22.5 Å². The van der Waals surface area contributed by atoms with Gasteiger partial charge in [-0.1, -0.05) is 0 Å². The Hall–Kier alpha value is 0.863. The number of hydrogen-bond donors (Lipinski definition) is 0. The van der Waals surface area contributed by atoms with Gasteiger partial charge in [0.1, 0.15) is 0 Å². The minimum Gasteiger partial charge on any atom is -0.107 e. The van der Waals surface area contributed by atoms with Gasteiger partial charge in [-0.25, -0.2) is 0 Å². The predicted octanol–water partition coefficient (Wildman–Crippen LogP) is 2.13. The molecule has 1 aromatic carbocycles. The molecule has 0 saturated carbocycles. The van der Waals surface area contributed by atoms with E-state index in [1.54, 1.807) is 0 Å². The maximum absolute atomic E-state index is 5.63. The Morgan fingerprint density at radius 1 is 1.11 bits per heavy atom. The van der Waals surface area contributed by atoms with Crippen molar-refractivity contribution in [1.29, 1.82) is 0 Å². The van der Waals surface area contributed by atoms with E-state index in [0.29, 0.717) is 0 Å². The summed E-state index contributed by atoms with van der Waals surface area (Å²) in [6.45, 7) is 0. The molecule has 0 spiro atoms. The average molecular weight is 305 g/mol. The van der Waals surface area contributed by atoms with Gasteiger partial charge in [0.2, 0.25) is 0 Å². The van der Waals surface area contributed by atoms with Crippen molar-refractivity contribution >= 4 is 39.7 Å². The normalized spacial score (nSPS) is 8.33. The van der Waals surface area contributed by atoms with Gasteiger partial charge in [-0.2, -0.15) is 0 Å². The Kier molecular flexibility index (Phi) is 5.09. The molecule has 0 N–H and O–H groups in total. The van der Waals surface area contributed by atoms with Crippen molar-refractivity contribution in [3.05, 3.63) is 29.3 Å². The molecule has 0 fully saturated rings. The maximum Gasteiger partial charge on any atom is -0.107 e. The maximum atomic E-state index is 5.63. The van der Waals surface area contributed by atoms with Crippen LogP contribution in [0.2, 0.25) is 5.02 Å². The van der Waals surface area contributed by atoms with Crippen LogP contribution < -0.4 is 4.16 Å². The van der Waals surface area contributed by atoms with E-state index in [-0.39, 0.29) is 24.0 Å². The third-order valence-electron chi connectivity index (χ3n) is 0.913. The second-order valence-electron chi connectivity index (χ2n) is 1.63. The van der Waals surface area contributed by atoms with Crippen molar-refractivity contribution in [3.8, 4) is 0 Å². The van der Waals surface area contributed by atoms with E-state index in [2.05, 4.69) is 0 Å². The van der Waals surface area contributed by atoms with Crippen LogP contribution in [-0.4, -0.2) is 0 Å². The summed E-state index contributed by atoms with van der Waals surface area (Å²) < 4.78 is 1.37. The summed E-state index contributed by atoms with van der Waals surface area (Å²) in [5, 5.41) is 0.821. The molecule has 0 heterocycles. The largest absolute Gasteiger partial charge is 0.107 e. The molecule has 0 unspecified atom stereocenters. The molecule has 0 aliphatic rings. The number of hydrogen-bond acceptors (Lipinski definition) is 0. The molecule has 9 heavy (non-hydrogen) atoms. The Balaban J connectivity index is 0.000000640. The molecule has 0 nitrogen and oxygen atoms in total. The molecule has 0 aromatic heterocycles. The first-order chi connectivity index (χ1) is 3.79. The fourth-order valence-electron chi connectivity index (χ4n) is 0.484. The van der Waals surface area contributed by atoms with Crippen LogP contribution >= 0.6 is 35.6 Å². The monoisotopic (exact) mass is 303 g/mol. The van der Waals surface area contributed by atoms with Gasteiger partial charge in [-0.3, -0.25) is 0 Å². The van der Waals surface area contributed by atoms with Gasteiger partial charge in [0.05, 0.1) is 0 Å². The Labute approximate surface area is 86.7 Å². The summed E-state index contributed by atoms with van der Waals surface area (Å²) in [5.41, 5.74) is 0. The zero-order chi connectivity index (χ0) is 5.98. The van der Waals surface area contributed by atoms with Crippen LogP contribution in [0.1, 0.15) is 0 Å². The molecule has 0 atom stereocenters. The van der Waals surface area contributed by atoms with Crippen LogP contribution in [-0.2, 0) is 18.3 Å². The predicted molar refractivity (Wildman–Crippen MR) is 46.5 cm³/mol. The van der Waals surface area contributed by atoms with Gasteiger partial charge in [-0.15, -0.1) is 24.0 Å². The molecule has 45 valence electrons. The molecule has 0 bridgehead atoms. The van der Waals surface area contributed by atoms with E-state index in [4.69, 9.17) is 11.6 Å². The molecular formula is C6H5ClIZn. The van der Waals surface area contributed by atoms with Gasteiger partial charge < -0.3 is 0 Å². The van der Waals surface area contributed by atoms with E-state index < -0.39 is 0 Å². The minimum absolute atomic E-state index is 0. The van der Waals surface area contributed by atoms with Gasteiger partial charge in [-0.05, 0) is 0 Å². The SMILES string of the molecule is Clc1cc[c]([Zn])cc1.I. The van der Waals surface area contributed by atoms with Crippen LogP contribution in [0.15, 0.2) is 24.3 Å². The minimum atomic E-state index is 0. The van der Waals surface area contributed by atoms with Crippen molar-refractivity contribution in [3.63, 3.8) is 0 Å². The number of rotatable bonds is 0. The Bertz CT molecular complexity index is 152. The van der Waals surface area contributed by atoms with E-state index in [0.717, 1.165) is 5.02 Å². The van der Waals surface area contributed by atoms with Crippen molar-refractivity contribution in [1.82, 2.24) is 0 Å². The van der Waals surface area contributed by atoms with E-state index in [9.17, 15) is 0 Å². The summed E-state index contributed by atoms with van der Waals surface area (Å²) in [6, 6.07) is 7.92. The van der Waals surface area contributed by atoms with Crippen LogP contribution in [0.25, 0.3) is 0 Å². The molecular weight excluding hydrogens is 300 g/mol. The van der Waals surface area contributed by atoms with Crippen LogP contribution in [0.3, 0.4) is 0 Å².